The summed E-state index contributed by atoms with van der Waals surface area (Å²) in [4.78, 5) is 22.0. The van der Waals surface area contributed by atoms with E-state index >= 15 is 0 Å². The third-order valence-corrected chi connectivity index (χ3v) is 10.1. The molecule has 5 aliphatic rings. The van der Waals surface area contributed by atoms with Crippen LogP contribution < -0.4 is 20.9 Å². The van der Waals surface area contributed by atoms with Crippen LogP contribution in [0.3, 0.4) is 0 Å². The lowest BCUT2D eigenvalue weighted by atomic mass is 9.50. The Morgan fingerprint density at radius 3 is 2.47 bits per heavy atom. The van der Waals surface area contributed by atoms with Gasteiger partial charge in [0.05, 0.1) is 32.0 Å². The second-order valence-electron chi connectivity index (χ2n) is 12.6. The van der Waals surface area contributed by atoms with Crippen LogP contribution in [0.2, 0.25) is 0 Å². The van der Waals surface area contributed by atoms with E-state index in [2.05, 4.69) is 34.2 Å². The predicted octanol–water partition coefficient (Wildman–Crippen LogP) is 5.41. The van der Waals surface area contributed by atoms with Crippen LogP contribution in [0.15, 0.2) is 60.0 Å². The molecule has 2 aromatic carbocycles. The first-order chi connectivity index (χ1) is 20.9. The van der Waals surface area contributed by atoms with Crippen molar-refractivity contribution in [2.75, 3.05) is 25.7 Å². The minimum absolute atomic E-state index is 0.108. The lowest BCUT2D eigenvalue weighted by molar-refractivity contribution is -0.0690. The quantitative estimate of drug-likeness (QED) is 0.268. The third kappa shape index (κ3) is 5.00. The number of ether oxygens (including phenoxy) is 2. The Morgan fingerprint density at radius 2 is 1.77 bits per heavy atom. The summed E-state index contributed by atoms with van der Waals surface area (Å²) in [6, 6.07) is 12.3. The molecule has 2 heterocycles. The molecular formula is C34H38N6O3. The molecule has 0 spiro atoms. The molecule has 0 amide bonds. The molecular weight excluding hydrogens is 540 g/mol. The summed E-state index contributed by atoms with van der Waals surface area (Å²) in [5, 5.41) is 6.93. The zero-order valence-electron chi connectivity index (χ0n) is 24.6. The number of nitrogens with two attached hydrogens (primary N) is 2. The molecule has 4 N–H and O–H groups in total. The fourth-order valence-corrected chi connectivity index (χ4v) is 8.57. The molecule has 0 saturated heterocycles. The van der Waals surface area contributed by atoms with E-state index in [-0.39, 0.29) is 17.8 Å². The summed E-state index contributed by atoms with van der Waals surface area (Å²) >= 11 is 0. The molecule has 1 aromatic heterocycles. The van der Waals surface area contributed by atoms with Gasteiger partial charge in [0.15, 0.2) is 17.3 Å². The number of nitrogens with zero attached hydrogens (tertiary/aromatic N) is 4. The largest absolute Gasteiger partial charge is 0.493 e. The number of nitrogen functional groups attached to an aromatic ring is 2. The molecule has 1 unspecified atom stereocenters. The molecule has 4 fully saturated rings. The molecule has 222 valence electrons. The van der Waals surface area contributed by atoms with E-state index in [0.29, 0.717) is 52.6 Å². The van der Waals surface area contributed by atoms with Gasteiger partial charge in [-0.3, -0.25) is 9.80 Å². The molecule has 1 atom stereocenters. The second kappa shape index (κ2) is 11.0. The van der Waals surface area contributed by atoms with Gasteiger partial charge in [-0.15, -0.1) is 0 Å². The molecule has 1 aliphatic heterocycles. The number of methoxy groups -OCH3 is 2. The first-order valence-corrected chi connectivity index (χ1v) is 15.2. The third-order valence-electron chi connectivity index (χ3n) is 10.1. The van der Waals surface area contributed by atoms with E-state index in [1.165, 1.54) is 50.3 Å². The van der Waals surface area contributed by atoms with Crippen LogP contribution in [-0.4, -0.2) is 41.2 Å². The number of rotatable bonds is 8. The molecule has 43 heavy (non-hydrogen) atoms. The van der Waals surface area contributed by atoms with Gasteiger partial charge in [-0.1, -0.05) is 24.3 Å². The molecule has 9 heteroatoms. The summed E-state index contributed by atoms with van der Waals surface area (Å²) < 4.78 is 11.3. The summed E-state index contributed by atoms with van der Waals surface area (Å²) in [7, 11) is 3.10. The van der Waals surface area contributed by atoms with E-state index in [1.807, 2.05) is 29.6 Å². The molecule has 0 radical (unpaired) electrons. The van der Waals surface area contributed by atoms with Gasteiger partial charge >= 0.3 is 0 Å². The van der Waals surface area contributed by atoms with E-state index < -0.39 is 0 Å². The topological polar surface area (TPSA) is 129 Å². The van der Waals surface area contributed by atoms with E-state index in [9.17, 15) is 4.79 Å². The van der Waals surface area contributed by atoms with Gasteiger partial charge in [0.2, 0.25) is 5.95 Å². The lowest BCUT2D eigenvalue weighted by Gasteiger charge is -2.57. The number of hydrogen-bond acceptors (Lipinski definition) is 9. The molecule has 9 nitrogen and oxygen atoms in total. The van der Waals surface area contributed by atoms with Crippen molar-refractivity contribution < 1.29 is 14.3 Å². The maximum absolute atomic E-state index is 13.9. The van der Waals surface area contributed by atoms with Crippen molar-refractivity contribution in [1.29, 1.82) is 0 Å². The minimum atomic E-state index is -0.198. The predicted molar refractivity (Wildman–Crippen MR) is 166 cm³/mol. The van der Waals surface area contributed by atoms with E-state index in [4.69, 9.17) is 26.0 Å². The summed E-state index contributed by atoms with van der Waals surface area (Å²) in [5.41, 5.74) is 16.2. The van der Waals surface area contributed by atoms with Gasteiger partial charge in [0.1, 0.15) is 5.82 Å². The number of carbonyl (C=O) groups is 1. The lowest BCUT2D eigenvalue weighted by Crippen LogP contribution is -2.49. The van der Waals surface area contributed by atoms with E-state index in [1.54, 1.807) is 19.4 Å². The highest BCUT2D eigenvalue weighted by Crippen LogP contribution is 2.60. The van der Waals surface area contributed by atoms with Gasteiger partial charge in [-0.25, -0.2) is 4.98 Å². The smallest absolute Gasteiger partial charge is 0.221 e. The maximum Gasteiger partial charge on any atom is 0.221 e. The zero-order valence-corrected chi connectivity index (χ0v) is 24.6. The number of fused-ring (bicyclic) bond motifs is 1. The Morgan fingerprint density at radius 1 is 1.02 bits per heavy atom. The highest BCUT2D eigenvalue weighted by atomic mass is 16.5. The normalized spacial score (nSPS) is 27.0. The molecule has 4 saturated carbocycles. The molecule has 4 bridgehead atoms. The monoisotopic (exact) mass is 578 g/mol. The average Bonchev–Trinajstić information content (AvgIpc) is 3.00. The van der Waals surface area contributed by atoms with Crippen molar-refractivity contribution in [3.63, 3.8) is 0 Å². The van der Waals surface area contributed by atoms with Gasteiger partial charge in [0, 0.05) is 30.5 Å². The van der Waals surface area contributed by atoms with Crippen LogP contribution >= 0.6 is 0 Å². The van der Waals surface area contributed by atoms with Crippen molar-refractivity contribution in [1.82, 2.24) is 15.0 Å². The van der Waals surface area contributed by atoms with Crippen molar-refractivity contribution >= 4 is 23.8 Å². The Balaban J connectivity index is 1.21. The van der Waals surface area contributed by atoms with Gasteiger partial charge in [-0.2, -0.15) is 10.1 Å². The standard InChI is InChI=1S/C34H38N6O3/c1-42-29-16-21(14-25-17-37-34(36)39-33(25)35)15-27(32(29)43-2)28(41)7-8-40-31(26-6-4-3-5-22(26)18-38-40)30-23-10-19-9-20(12-23)13-24(30)11-19/h3-8,15-20,23-24,30-31H,9-14H2,1-2H3,(H4,35,36,37,39)/b8-7+. The number of aromatic nitrogens is 2. The minimum Gasteiger partial charge on any atom is -0.493 e. The van der Waals surface area contributed by atoms with Crippen LogP contribution in [0, 0.1) is 29.6 Å². The second-order valence-corrected chi connectivity index (χ2v) is 12.6. The Kier molecular flexibility index (Phi) is 7.03. The molecule has 8 rings (SSSR count). The number of allylic oxidation sites excluding steroid dienone is 1. The first kappa shape index (κ1) is 27.4. The Bertz CT molecular complexity index is 1590. The summed E-state index contributed by atoms with van der Waals surface area (Å²) in [5.74, 6) is 4.77. The van der Waals surface area contributed by atoms with Crippen molar-refractivity contribution in [2.45, 2.75) is 44.6 Å². The van der Waals surface area contributed by atoms with Gasteiger partial charge < -0.3 is 20.9 Å². The first-order valence-electron chi connectivity index (χ1n) is 15.2. The van der Waals surface area contributed by atoms with Crippen LogP contribution in [0.25, 0.3) is 0 Å². The van der Waals surface area contributed by atoms with Gasteiger partial charge in [-0.05, 0) is 90.5 Å². The average molecular weight is 579 g/mol. The van der Waals surface area contributed by atoms with Crippen LogP contribution in [0.4, 0.5) is 11.8 Å². The number of carbonyl (C=O) groups excluding carboxylic acids is 1. The van der Waals surface area contributed by atoms with Crippen LogP contribution in [0.5, 0.6) is 11.5 Å². The van der Waals surface area contributed by atoms with Crippen molar-refractivity contribution in [3.05, 3.63) is 82.7 Å². The fourth-order valence-electron chi connectivity index (χ4n) is 8.57. The van der Waals surface area contributed by atoms with E-state index in [0.717, 1.165) is 17.4 Å². The van der Waals surface area contributed by atoms with Gasteiger partial charge in [0.25, 0.3) is 0 Å². The summed E-state index contributed by atoms with van der Waals surface area (Å²) in [6.45, 7) is 0. The van der Waals surface area contributed by atoms with Crippen molar-refractivity contribution in [3.8, 4) is 11.5 Å². The Labute approximate surface area is 252 Å². The highest BCUT2D eigenvalue weighted by molar-refractivity contribution is 6.07. The number of benzene rings is 2. The van der Waals surface area contributed by atoms with Crippen LogP contribution in [0.1, 0.15) is 70.8 Å². The fraction of sp³-hybridized carbons (Fsp3) is 0.412. The number of ketones is 1. The summed E-state index contributed by atoms with van der Waals surface area (Å²) in [6.07, 6.45) is 14.1. The van der Waals surface area contributed by atoms with Crippen LogP contribution in [-0.2, 0) is 6.42 Å². The number of hydrogen-bond donors (Lipinski definition) is 2. The molecule has 4 aliphatic carbocycles. The Hall–Kier alpha value is -4.40. The zero-order chi connectivity index (χ0) is 29.7. The van der Waals surface area contributed by atoms with Crippen molar-refractivity contribution in [2.24, 2.45) is 34.7 Å². The number of anilines is 2. The number of hydrazone groups is 1. The maximum atomic E-state index is 13.9. The highest BCUT2D eigenvalue weighted by Gasteiger charge is 2.52. The molecule has 3 aromatic rings. The SMILES string of the molecule is COc1cc(Cc2cnc(N)nc2N)cc(C(=O)/C=C/N2N=Cc3ccccc3C2C2C3CC4CC(C3)CC2C4)c1OC.